The van der Waals surface area contributed by atoms with Gasteiger partial charge in [0.25, 0.3) is 0 Å². The zero-order valence-corrected chi connectivity index (χ0v) is 13.0. The highest BCUT2D eigenvalue weighted by atomic mass is 35.5. The summed E-state index contributed by atoms with van der Waals surface area (Å²) in [4.78, 5) is -0.0297. The summed E-state index contributed by atoms with van der Waals surface area (Å²) < 4.78 is 37.8. The fraction of sp³-hybridized carbons (Fsp3) is 0.200. The molecule has 0 bridgehead atoms. The third kappa shape index (κ3) is 3.61. The van der Waals surface area contributed by atoms with Gasteiger partial charge in [-0.3, -0.25) is 0 Å². The van der Waals surface area contributed by atoms with Gasteiger partial charge < -0.3 is 5.73 Å². The molecule has 1 unspecified atom stereocenters. The first-order valence-corrected chi connectivity index (χ1v) is 8.33. The van der Waals surface area contributed by atoms with Crippen molar-refractivity contribution in [1.29, 1.82) is 0 Å². The van der Waals surface area contributed by atoms with E-state index in [1.54, 1.807) is 6.07 Å². The second-order valence-corrected chi connectivity index (χ2v) is 7.26. The Labute approximate surface area is 128 Å². The van der Waals surface area contributed by atoms with Crippen molar-refractivity contribution in [2.75, 3.05) is 5.75 Å². The van der Waals surface area contributed by atoms with Crippen molar-refractivity contribution in [2.24, 2.45) is 5.73 Å². The molecule has 0 aliphatic carbocycles. The van der Waals surface area contributed by atoms with Crippen LogP contribution < -0.4 is 5.73 Å². The number of aryl methyl sites for hydroxylation is 1. The van der Waals surface area contributed by atoms with E-state index in [0.29, 0.717) is 0 Å². The van der Waals surface area contributed by atoms with Crippen LogP contribution in [0.2, 0.25) is 5.02 Å². The van der Waals surface area contributed by atoms with Gasteiger partial charge in [0.1, 0.15) is 5.82 Å². The average Bonchev–Trinajstić information content (AvgIpc) is 2.41. The summed E-state index contributed by atoms with van der Waals surface area (Å²) in [6.45, 7) is 1.87. The lowest BCUT2D eigenvalue weighted by molar-refractivity contribution is 0.587. The molecule has 21 heavy (non-hydrogen) atoms. The molecule has 3 nitrogen and oxygen atoms in total. The summed E-state index contributed by atoms with van der Waals surface area (Å²) in [7, 11) is -3.64. The molecule has 0 spiro atoms. The maximum absolute atomic E-state index is 13.1. The van der Waals surface area contributed by atoms with Crippen LogP contribution in [0.15, 0.2) is 47.4 Å². The van der Waals surface area contributed by atoms with E-state index >= 15 is 0 Å². The Morgan fingerprint density at radius 1 is 1.24 bits per heavy atom. The van der Waals surface area contributed by atoms with Gasteiger partial charge >= 0.3 is 0 Å². The number of hydrogen-bond donors (Lipinski definition) is 1. The first-order chi connectivity index (χ1) is 9.81. The molecule has 0 heterocycles. The summed E-state index contributed by atoms with van der Waals surface area (Å²) >= 11 is 5.63. The molecular weight excluding hydrogens is 313 g/mol. The maximum atomic E-state index is 13.1. The van der Waals surface area contributed by atoms with E-state index < -0.39 is 21.7 Å². The van der Waals surface area contributed by atoms with Crippen LogP contribution in [0.4, 0.5) is 4.39 Å². The Bertz CT molecular complexity index is 762. The minimum atomic E-state index is -3.64. The Hall–Kier alpha value is -1.43. The topological polar surface area (TPSA) is 60.2 Å². The van der Waals surface area contributed by atoms with Crippen molar-refractivity contribution in [2.45, 2.75) is 17.9 Å². The lowest BCUT2D eigenvalue weighted by Crippen LogP contribution is -2.22. The van der Waals surface area contributed by atoms with Crippen LogP contribution in [0, 0.1) is 12.7 Å². The number of rotatable bonds is 4. The summed E-state index contributed by atoms with van der Waals surface area (Å²) in [5, 5.41) is -0.222. The predicted molar refractivity (Wildman–Crippen MR) is 81.6 cm³/mol. The highest BCUT2D eigenvalue weighted by Gasteiger charge is 2.21. The first kappa shape index (κ1) is 15.9. The number of hydrogen-bond acceptors (Lipinski definition) is 3. The molecule has 0 aliphatic heterocycles. The second kappa shape index (κ2) is 6.13. The molecule has 112 valence electrons. The molecule has 1 atom stereocenters. The minimum absolute atomic E-state index is 0.0297. The van der Waals surface area contributed by atoms with Crippen LogP contribution in [-0.2, 0) is 9.84 Å². The highest BCUT2D eigenvalue weighted by molar-refractivity contribution is 7.91. The molecule has 2 rings (SSSR count). The molecule has 2 N–H and O–H groups in total. The van der Waals surface area contributed by atoms with Crippen molar-refractivity contribution >= 4 is 21.4 Å². The van der Waals surface area contributed by atoms with Gasteiger partial charge in [-0.05, 0) is 36.2 Å². The van der Waals surface area contributed by atoms with E-state index in [0.717, 1.165) is 23.3 Å². The Kier molecular flexibility index (Phi) is 4.66. The summed E-state index contributed by atoms with van der Waals surface area (Å²) in [5.74, 6) is -0.918. The van der Waals surface area contributed by atoms with Gasteiger partial charge in [-0.1, -0.05) is 35.9 Å². The number of benzene rings is 2. The van der Waals surface area contributed by atoms with Crippen molar-refractivity contribution in [3.63, 3.8) is 0 Å². The van der Waals surface area contributed by atoms with Crippen LogP contribution in [0.5, 0.6) is 0 Å². The lowest BCUT2D eigenvalue weighted by Gasteiger charge is -2.15. The standard InChI is InChI=1S/C15H15ClFNO2S/c1-10-4-2-3-5-12(10)15(18)9-21(19,20)11-6-7-14(17)13(16)8-11/h2-8,15H,9,18H2,1H3. The van der Waals surface area contributed by atoms with Crippen molar-refractivity contribution in [1.82, 2.24) is 0 Å². The zero-order valence-electron chi connectivity index (χ0n) is 11.4. The van der Waals surface area contributed by atoms with Crippen molar-refractivity contribution < 1.29 is 12.8 Å². The van der Waals surface area contributed by atoms with Crippen molar-refractivity contribution in [3.8, 4) is 0 Å². The molecular formula is C15H15ClFNO2S. The summed E-state index contributed by atoms with van der Waals surface area (Å²) in [5.41, 5.74) is 7.70. The first-order valence-electron chi connectivity index (χ1n) is 6.30. The molecule has 0 saturated carbocycles. The maximum Gasteiger partial charge on any atom is 0.180 e. The van der Waals surface area contributed by atoms with Gasteiger partial charge in [0.15, 0.2) is 9.84 Å². The van der Waals surface area contributed by atoms with E-state index in [4.69, 9.17) is 17.3 Å². The van der Waals surface area contributed by atoms with Crippen LogP contribution in [0.25, 0.3) is 0 Å². The van der Waals surface area contributed by atoms with Gasteiger partial charge in [-0.15, -0.1) is 0 Å². The van der Waals surface area contributed by atoms with Crippen LogP contribution in [0.3, 0.4) is 0 Å². The van der Waals surface area contributed by atoms with Crippen molar-refractivity contribution in [3.05, 3.63) is 64.4 Å². The Morgan fingerprint density at radius 3 is 2.52 bits per heavy atom. The molecule has 0 radical (unpaired) electrons. The number of nitrogens with two attached hydrogens (primary N) is 1. The van der Waals surface area contributed by atoms with E-state index in [9.17, 15) is 12.8 Å². The second-order valence-electron chi connectivity index (χ2n) is 4.82. The van der Waals surface area contributed by atoms with Gasteiger partial charge in [0.2, 0.25) is 0 Å². The molecule has 0 amide bonds. The quantitative estimate of drug-likeness (QED) is 0.877. The predicted octanol–water partition coefficient (Wildman–Crippen LogP) is 3.26. The molecule has 6 heteroatoms. The average molecular weight is 328 g/mol. The normalized spacial score (nSPS) is 13.1. The fourth-order valence-electron chi connectivity index (χ4n) is 2.10. The molecule has 2 aromatic carbocycles. The zero-order chi connectivity index (χ0) is 15.6. The van der Waals surface area contributed by atoms with Gasteiger partial charge in [0, 0.05) is 6.04 Å². The third-order valence-corrected chi connectivity index (χ3v) is 5.30. The largest absolute Gasteiger partial charge is 0.323 e. The summed E-state index contributed by atoms with van der Waals surface area (Å²) in [6.07, 6.45) is 0. The Balaban J connectivity index is 2.29. The lowest BCUT2D eigenvalue weighted by atomic mass is 10.0. The highest BCUT2D eigenvalue weighted by Crippen LogP contribution is 2.24. The third-order valence-electron chi connectivity index (χ3n) is 3.24. The van der Waals surface area contributed by atoms with E-state index in [-0.39, 0.29) is 15.7 Å². The number of halogens is 2. The summed E-state index contributed by atoms with van der Waals surface area (Å²) in [6, 6.07) is 10.0. The molecule has 0 fully saturated rings. The van der Waals surface area contributed by atoms with E-state index in [1.807, 2.05) is 25.1 Å². The van der Waals surface area contributed by atoms with Gasteiger partial charge in [-0.25, -0.2) is 12.8 Å². The Morgan fingerprint density at radius 2 is 1.90 bits per heavy atom. The number of sulfone groups is 1. The molecule has 0 aromatic heterocycles. The minimum Gasteiger partial charge on any atom is -0.323 e. The SMILES string of the molecule is Cc1ccccc1C(N)CS(=O)(=O)c1ccc(F)c(Cl)c1. The van der Waals surface area contributed by atoms with Crippen LogP contribution >= 0.6 is 11.6 Å². The molecule has 2 aromatic rings. The van der Waals surface area contributed by atoms with Gasteiger partial charge in [-0.2, -0.15) is 0 Å². The molecule has 0 aliphatic rings. The van der Waals surface area contributed by atoms with Crippen LogP contribution in [-0.4, -0.2) is 14.2 Å². The smallest absolute Gasteiger partial charge is 0.180 e. The monoisotopic (exact) mass is 327 g/mol. The van der Waals surface area contributed by atoms with E-state index in [2.05, 4.69) is 0 Å². The van der Waals surface area contributed by atoms with Gasteiger partial charge in [0.05, 0.1) is 15.7 Å². The van der Waals surface area contributed by atoms with Crippen LogP contribution in [0.1, 0.15) is 17.2 Å². The fourth-order valence-corrected chi connectivity index (χ4v) is 3.76. The molecule has 0 saturated heterocycles. The van der Waals surface area contributed by atoms with E-state index in [1.165, 1.54) is 6.07 Å².